The molecule has 1 aliphatic carbocycles. The van der Waals surface area contributed by atoms with Crippen LogP contribution in [0.15, 0.2) is 11.6 Å². The van der Waals surface area contributed by atoms with Gasteiger partial charge in [0.1, 0.15) is 17.3 Å². The minimum absolute atomic E-state index is 0.0207. The smallest absolute Gasteiger partial charge is 0.334 e. The number of hydrogen-bond donors (Lipinski definition) is 3. The first-order valence-corrected chi connectivity index (χ1v) is 13.9. The molecule has 0 amide bonds. The van der Waals surface area contributed by atoms with Gasteiger partial charge in [-0.2, -0.15) is 0 Å². The van der Waals surface area contributed by atoms with E-state index in [0.29, 0.717) is 42.6 Å². The largest absolute Gasteiger partial charge is 0.462 e. The van der Waals surface area contributed by atoms with Crippen LogP contribution in [0.4, 0.5) is 0 Å². The fraction of sp³-hybridized carbons (Fsp3) is 0.857. The van der Waals surface area contributed by atoms with Crippen molar-refractivity contribution in [2.75, 3.05) is 13.2 Å². The molecular formula is C28H46N2O6. The zero-order valence-electron chi connectivity index (χ0n) is 22.5. The number of carbonyl (C=O) groups is 2. The lowest BCUT2D eigenvalue weighted by Crippen LogP contribution is -2.56. The van der Waals surface area contributed by atoms with Gasteiger partial charge in [0.25, 0.3) is 0 Å². The molecular weight excluding hydrogens is 460 g/mol. The number of fused-ring (bicyclic) bond motifs is 2. The molecule has 4 N–H and O–H groups in total. The molecule has 36 heavy (non-hydrogen) atoms. The Morgan fingerprint density at radius 3 is 2.69 bits per heavy atom. The van der Waals surface area contributed by atoms with E-state index in [0.717, 1.165) is 45.1 Å². The molecule has 8 nitrogen and oxygen atoms in total. The molecule has 0 aromatic rings. The highest BCUT2D eigenvalue weighted by molar-refractivity contribution is 5.88. The third-order valence-corrected chi connectivity index (χ3v) is 9.36. The summed E-state index contributed by atoms with van der Waals surface area (Å²) in [5.74, 6) is 0.472. The van der Waals surface area contributed by atoms with Crippen LogP contribution in [0.5, 0.6) is 0 Å². The van der Waals surface area contributed by atoms with Gasteiger partial charge in [0.05, 0.1) is 18.2 Å². The van der Waals surface area contributed by atoms with Crippen LogP contribution in [-0.2, 0) is 23.8 Å². The number of rotatable bonds is 8. The number of aliphatic hydroxyl groups is 1. The Kier molecular flexibility index (Phi) is 8.49. The summed E-state index contributed by atoms with van der Waals surface area (Å²) >= 11 is 0. The van der Waals surface area contributed by atoms with Gasteiger partial charge in [0.15, 0.2) is 0 Å². The molecule has 0 aromatic carbocycles. The second kappa shape index (κ2) is 11.1. The van der Waals surface area contributed by atoms with E-state index in [1.807, 2.05) is 20.8 Å². The SMILES string of the molecule is CC=C(C)C(=O)OC(C)(C)[C@@]1(CC2CCC(N)NC2)CC2CC3CC(CCCO)C(=O)OC3CC2O1. The Morgan fingerprint density at radius 1 is 1.25 bits per heavy atom. The molecule has 7 unspecified atom stereocenters. The average molecular weight is 507 g/mol. The Morgan fingerprint density at radius 2 is 2.03 bits per heavy atom. The summed E-state index contributed by atoms with van der Waals surface area (Å²) < 4.78 is 19.0. The molecule has 204 valence electrons. The number of allylic oxidation sites excluding steroid dienone is 1. The highest BCUT2D eigenvalue weighted by Crippen LogP contribution is 2.54. The van der Waals surface area contributed by atoms with Gasteiger partial charge < -0.3 is 30.4 Å². The van der Waals surface area contributed by atoms with E-state index in [1.54, 1.807) is 13.0 Å². The molecule has 4 fully saturated rings. The minimum atomic E-state index is -0.823. The average Bonchev–Trinajstić information content (AvgIpc) is 3.20. The van der Waals surface area contributed by atoms with Crippen LogP contribution in [0.1, 0.15) is 85.5 Å². The fourth-order valence-corrected chi connectivity index (χ4v) is 6.97. The second-order valence-electron chi connectivity index (χ2n) is 12.2. The number of carbonyl (C=O) groups excluding carboxylic acids is 2. The van der Waals surface area contributed by atoms with Crippen LogP contribution < -0.4 is 11.1 Å². The third kappa shape index (κ3) is 5.66. The van der Waals surface area contributed by atoms with E-state index >= 15 is 0 Å². The first kappa shape index (κ1) is 27.6. The molecule has 1 saturated carbocycles. The van der Waals surface area contributed by atoms with Crippen molar-refractivity contribution in [3.8, 4) is 0 Å². The molecule has 0 bridgehead atoms. The van der Waals surface area contributed by atoms with Crippen LogP contribution >= 0.6 is 0 Å². The van der Waals surface area contributed by atoms with Crippen molar-refractivity contribution in [2.24, 2.45) is 29.4 Å². The van der Waals surface area contributed by atoms with Crippen molar-refractivity contribution in [3.63, 3.8) is 0 Å². The molecule has 8 atom stereocenters. The van der Waals surface area contributed by atoms with Crippen LogP contribution in [0.3, 0.4) is 0 Å². The number of nitrogens with two attached hydrogens (primary N) is 1. The summed E-state index contributed by atoms with van der Waals surface area (Å²) in [6.45, 7) is 8.53. The second-order valence-corrected chi connectivity index (χ2v) is 12.2. The molecule has 0 aromatic heterocycles. The highest BCUT2D eigenvalue weighted by Gasteiger charge is 2.60. The van der Waals surface area contributed by atoms with Gasteiger partial charge in [-0.05, 0) is 103 Å². The van der Waals surface area contributed by atoms with Crippen LogP contribution in [0.25, 0.3) is 0 Å². The molecule has 3 saturated heterocycles. The summed E-state index contributed by atoms with van der Waals surface area (Å²) in [6.07, 6.45) is 8.99. The van der Waals surface area contributed by atoms with E-state index in [9.17, 15) is 14.7 Å². The number of nitrogens with one attached hydrogen (secondary N) is 1. The van der Waals surface area contributed by atoms with Gasteiger partial charge in [-0.25, -0.2) is 4.79 Å². The number of ether oxygens (including phenoxy) is 3. The monoisotopic (exact) mass is 506 g/mol. The maximum atomic E-state index is 12.9. The van der Waals surface area contributed by atoms with Gasteiger partial charge in [-0.1, -0.05) is 6.08 Å². The maximum Gasteiger partial charge on any atom is 0.334 e. The predicted molar refractivity (Wildman–Crippen MR) is 136 cm³/mol. The Bertz CT molecular complexity index is 836. The Balaban J connectivity index is 1.54. The summed E-state index contributed by atoms with van der Waals surface area (Å²) in [7, 11) is 0. The number of piperidine rings is 1. The van der Waals surface area contributed by atoms with Crippen LogP contribution in [-0.4, -0.2) is 59.8 Å². The molecule has 3 heterocycles. The van der Waals surface area contributed by atoms with Gasteiger partial charge in [0, 0.05) is 18.6 Å². The first-order valence-electron chi connectivity index (χ1n) is 13.9. The zero-order chi connectivity index (χ0) is 26.1. The highest BCUT2D eigenvalue weighted by atomic mass is 16.6. The van der Waals surface area contributed by atoms with Crippen molar-refractivity contribution in [2.45, 2.75) is 115 Å². The van der Waals surface area contributed by atoms with Crippen molar-refractivity contribution >= 4 is 11.9 Å². The Labute approximate surface area is 215 Å². The molecule has 4 rings (SSSR count). The lowest BCUT2D eigenvalue weighted by Gasteiger charge is -2.46. The number of aliphatic hydroxyl groups excluding tert-OH is 1. The molecule has 0 spiro atoms. The normalized spacial score (nSPS) is 39.2. The topological polar surface area (TPSA) is 120 Å². The predicted octanol–water partition coefficient (Wildman–Crippen LogP) is 3.21. The van der Waals surface area contributed by atoms with Gasteiger partial charge in [-0.15, -0.1) is 0 Å². The molecule has 8 heteroatoms. The van der Waals surface area contributed by atoms with E-state index in [4.69, 9.17) is 19.9 Å². The van der Waals surface area contributed by atoms with Crippen molar-refractivity contribution in [1.29, 1.82) is 0 Å². The summed E-state index contributed by atoms with van der Waals surface area (Å²) in [5.41, 5.74) is 5.23. The third-order valence-electron chi connectivity index (χ3n) is 9.36. The van der Waals surface area contributed by atoms with Crippen molar-refractivity contribution in [1.82, 2.24) is 5.32 Å². The summed E-state index contributed by atoms with van der Waals surface area (Å²) in [4.78, 5) is 25.5. The summed E-state index contributed by atoms with van der Waals surface area (Å²) in [5, 5.41) is 12.6. The Hall–Kier alpha value is -1.48. The number of esters is 2. The van der Waals surface area contributed by atoms with Gasteiger partial charge in [-0.3, -0.25) is 4.79 Å². The zero-order valence-corrected chi connectivity index (χ0v) is 22.5. The molecule has 0 radical (unpaired) electrons. The van der Waals surface area contributed by atoms with E-state index in [1.165, 1.54) is 0 Å². The van der Waals surface area contributed by atoms with E-state index in [2.05, 4.69) is 5.32 Å². The lowest BCUT2D eigenvalue weighted by atomic mass is 9.68. The first-order chi connectivity index (χ1) is 17.1. The van der Waals surface area contributed by atoms with Crippen molar-refractivity contribution in [3.05, 3.63) is 11.6 Å². The lowest BCUT2D eigenvalue weighted by molar-refractivity contribution is -0.207. The fourth-order valence-electron chi connectivity index (χ4n) is 6.97. The van der Waals surface area contributed by atoms with E-state index < -0.39 is 11.2 Å². The van der Waals surface area contributed by atoms with Gasteiger partial charge >= 0.3 is 11.9 Å². The van der Waals surface area contributed by atoms with Crippen LogP contribution in [0.2, 0.25) is 0 Å². The van der Waals surface area contributed by atoms with Crippen molar-refractivity contribution < 1.29 is 28.9 Å². The maximum absolute atomic E-state index is 12.9. The van der Waals surface area contributed by atoms with Gasteiger partial charge in [0.2, 0.25) is 0 Å². The standard InChI is InChI=1S/C28H46N2O6/c1-5-17(2)25(32)36-27(3,4)28(14-18-8-9-24(29)30-16-18)15-21-12-20-11-19(7-6-10-31)26(33)34-22(20)13-23(21)35-28/h5,18-24,30-31H,6-16,29H2,1-4H3/t18?,19?,20?,21?,22?,23?,24?,28-/m1/s1. The quantitative estimate of drug-likeness (QED) is 0.339. The van der Waals surface area contributed by atoms with E-state index in [-0.39, 0.29) is 42.8 Å². The van der Waals surface area contributed by atoms with Crippen LogP contribution in [0, 0.1) is 23.7 Å². The summed E-state index contributed by atoms with van der Waals surface area (Å²) in [6, 6.07) is 0. The molecule has 3 aliphatic heterocycles. The number of hydrogen-bond acceptors (Lipinski definition) is 8. The molecule has 4 aliphatic rings. The minimum Gasteiger partial charge on any atom is -0.462 e.